The molecule has 0 bridgehead atoms. The van der Waals surface area contributed by atoms with Crippen LogP contribution in [-0.2, 0) is 4.74 Å². The number of aromatic nitrogens is 1. The molecule has 0 radical (unpaired) electrons. The molecular formula is C13H11BrN2O3S. The standard InChI is InChI=1S/C13H11BrN2O3S/c1-2-19-13(18)8-5-7-20-12(8)16-11(17)10-9(14)4-3-6-15-10/h3-7H,2H2,1H3,(H,16,17). The van der Waals surface area contributed by atoms with Gasteiger partial charge in [-0.05, 0) is 46.4 Å². The van der Waals surface area contributed by atoms with Crippen LogP contribution in [0.3, 0.4) is 0 Å². The summed E-state index contributed by atoms with van der Waals surface area (Å²) < 4.78 is 5.52. The number of hydrogen-bond donors (Lipinski definition) is 1. The molecule has 104 valence electrons. The Labute approximate surface area is 128 Å². The van der Waals surface area contributed by atoms with E-state index in [1.807, 2.05) is 0 Å². The third-order valence-corrected chi connectivity index (χ3v) is 3.83. The number of nitrogens with zero attached hydrogens (tertiary/aromatic N) is 1. The molecule has 0 aliphatic heterocycles. The Bertz CT molecular complexity index is 642. The van der Waals surface area contributed by atoms with Crippen molar-refractivity contribution in [1.29, 1.82) is 0 Å². The molecule has 5 nitrogen and oxygen atoms in total. The van der Waals surface area contributed by atoms with Crippen molar-refractivity contribution in [2.45, 2.75) is 6.92 Å². The average molecular weight is 355 g/mol. The van der Waals surface area contributed by atoms with Crippen LogP contribution in [0.15, 0.2) is 34.2 Å². The SMILES string of the molecule is CCOC(=O)c1ccsc1NC(=O)c1ncccc1Br. The van der Waals surface area contributed by atoms with Crippen molar-refractivity contribution in [2.24, 2.45) is 0 Å². The second-order valence-corrected chi connectivity index (χ2v) is 5.44. The highest BCUT2D eigenvalue weighted by atomic mass is 79.9. The Kier molecular flexibility index (Phi) is 4.86. The summed E-state index contributed by atoms with van der Waals surface area (Å²) in [7, 11) is 0. The van der Waals surface area contributed by atoms with Crippen LogP contribution in [0.1, 0.15) is 27.8 Å². The monoisotopic (exact) mass is 354 g/mol. The summed E-state index contributed by atoms with van der Waals surface area (Å²) in [6.45, 7) is 2.02. The van der Waals surface area contributed by atoms with Gasteiger partial charge < -0.3 is 10.1 Å². The fraction of sp³-hybridized carbons (Fsp3) is 0.154. The van der Waals surface area contributed by atoms with E-state index in [1.54, 1.807) is 30.5 Å². The Balaban J connectivity index is 2.19. The molecule has 0 aliphatic rings. The molecule has 1 N–H and O–H groups in total. The van der Waals surface area contributed by atoms with Gasteiger partial charge in [0, 0.05) is 10.7 Å². The maximum absolute atomic E-state index is 12.1. The largest absolute Gasteiger partial charge is 0.462 e. The zero-order valence-corrected chi connectivity index (χ0v) is 13.0. The predicted octanol–water partition coefficient (Wildman–Crippen LogP) is 3.33. The highest BCUT2D eigenvalue weighted by molar-refractivity contribution is 9.10. The second kappa shape index (κ2) is 6.62. The molecule has 2 heterocycles. The van der Waals surface area contributed by atoms with Crippen molar-refractivity contribution in [1.82, 2.24) is 4.98 Å². The molecule has 0 unspecified atom stereocenters. The van der Waals surface area contributed by atoms with Crippen LogP contribution in [0, 0.1) is 0 Å². The van der Waals surface area contributed by atoms with Gasteiger partial charge in [-0.25, -0.2) is 9.78 Å². The van der Waals surface area contributed by atoms with E-state index >= 15 is 0 Å². The minimum atomic E-state index is -0.455. The number of esters is 1. The van der Waals surface area contributed by atoms with Gasteiger partial charge in [-0.15, -0.1) is 11.3 Å². The summed E-state index contributed by atoms with van der Waals surface area (Å²) in [6.07, 6.45) is 1.53. The Morgan fingerprint density at radius 2 is 2.25 bits per heavy atom. The third kappa shape index (κ3) is 3.23. The molecule has 0 aliphatic carbocycles. The van der Waals surface area contributed by atoms with Gasteiger partial charge in [-0.1, -0.05) is 0 Å². The average Bonchev–Trinajstić information content (AvgIpc) is 2.87. The van der Waals surface area contributed by atoms with Crippen molar-refractivity contribution in [3.63, 3.8) is 0 Å². The maximum atomic E-state index is 12.1. The van der Waals surface area contributed by atoms with Crippen molar-refractivity contribution >= 4 is 44.1 Å². The lowest BCUT2D eigenvalue weighted by atomic mass is 10.3. The van der Waals surface area contributed by atoms with Crippen LogP contribution in [0.25, 0.3) is 0 Å². The number of anilines is 1. The number of rotatable bonds is 4. The van der Waals surface area contributed by atoms with Crippen LogP contribution < -0.4 is 5.32 Å². The molecule has 2 aromatic rings. The van der Waals surface area contributed by atoms with Crippen LogP contribution >= 0.6 is 27.3 Å². The molecule has 2 rings (SSSR count). The van der Waals surface area contributed by atoms with E-state index < -0.39 is 5.97 Å². The van der Waals surface area contributed by atoms with Crippen LogP contribution in [0.2, 0.25) is 0 Å². The number of carbonyl (C=O) groups excluding carboxylic acids is 2. The number of pyridine rings is 1. The van der Waals surface area contributed by atoms with Crippen molar-refractivity contribution in [3.8, 4) is 0 Å². The molecule has 7 heteroatoms. The van der Waals surface area contributed by atoms with Crippen LogP contribution in [-0.4, -0.2) is 23.5 Å². The van der Waals surface area contributed by atoms with Gasteiger partial charge in [-0.3, -0.25) is 4.79 Å². The first-order valence-corrected chi connectivity index (χ1v) is 7.47. The number of thiophene rings is 1. The number of nitrogens with one attached hydrogen (secondary N) is 1. The minimum Gasteiger partial charge on any atom is -0.462 e. The molecule has 20 heavy (non-hydrogen) atoms. The summed E-state index contributed by atoms with van der Waals surface area (Å²) in [4.78, 5) is 27.8. The van der Waals surface area contributed by atoms with Gasteiger partial charge in [0.25, 0.3) is 5.91 Å². The number of carbonyl (C=O) groups is 2. The fourth-order valence-corrected chi connectivity index (χ4v) is 2.70. The van der Waals surface area contributed by atoms with Crippen LogP contribution in [0.5, 0.6) is 0 Å². The highest BCUT2D eigenvalue weighted by Crippen LogP contribution is 2.25. The lowest BCUT2D eigenvalue weighted by Gasteiger charge is -2.06. The molecule has 0 aromatic carbocycles. The summed E-state index contributed by atoms with van der Waals surface area (Å²) in [6, 6.07) is 5.06. The van der Waals surface area contributed by atoms with E-state index in [4.69, 9.17) is 4.74 Å². The minimum absolute atomic E-state index is 0.260. The lowest BCUT2D eigenvalue weighted by Crippen LogP contribution is -2.16. The summed E-state index contributed by atoms with van der Waals surface area (Å²) >= 11 is 4.52. The van der Waals surface area contributed by atoms with Gasteiger partial charge >= 0.3 is 5.97 Å². The number of amides is 1. The Morgan fingerprint density at radius 3 is 2.95 bits per heavy atom. The van der Waals surface area contributed by atoms with Gasteiger partial charge in [0.15, 0.2) is 0 Å². The van der Waals surface area contributed by atoms with Crippen LogP contribution in [0.4, 0.5) is 5.00 Å². The van der Waals surface area contributed by atoms with Gasteiger partial charge in [0.1, 0.15) is 10.7 Å². The fourth-order valence-electron chi connectivity index (χ4n) is 1.49. The first-order valence-electron chi connectivity index (χ1n) is 5.80. The molecule has 0 saturated heterocycles. The number of ether oxygens (including phenoxy) is 1. The molecule has 0 fully saturated rings. The Morgan fingerprint density at radius 1 is 1.45 bits per heavy atom. The summed E-state index contributed by atoms with van der Waals surface area (Å²) in [5.74, 6) is -0.838. The van der Waals surface area contributed by atoms with Crippen molar-refractivity contribution < 1.29 is 14.3 Å². The summed E-state index contributed by atoms with van der Waals surface area (Å²) in [5.41, 5.74) is 0.605. The summed E-state index contributed by atoms with van der Waals surface area (Å²) in [5, 5.41) is 4.84. The smallest absolute Gasteiger partial charge is 0.341 e. The van der Waals surface area contributed by atoms with Gasteiger partial charge in [0.2, 0.25) is 0 Å². The van der Waals surface area contributed by atoms with E-state index in [1.165, 1.54) is 17.5 Å². The van der Waals surface area contributed by atoms with E-state index in [0.717, 1.165) is 0 Å². The number of halogens is 1. The highest BCUT2D eigenvalue weighted by Gasteiger charge is 2.18. The van der Waals surface area contributed by atoms with E-state index in [-0.39, 0.29) is 18.2 Å². The third-order valence-electron chi connectivity index (χ3n) is 2.36. The predicted molar refractivity (Wildman–Crippen MR) is 80.2 cm³/mol. The van der Waals surface area contributed by atoms with E-state index in [2.05, 4.69) is 26.2 Å². The molecule has 1 amide bonds. The zero-order chi connectivity index (χ0) is 14.5. The molecular weight excluding hydrogens is 344 g/mol. The Hall–Kier alpha value is -1.73. The molecule has 0 saturated carbocycles. The maximum Gasteiger partial charge on any atom is 0.341 e. The van der Waals surface area contributed by atoms with Crippen molar-refractivity contribution in [2.75, 3.05) is 11.9 Å². The lowest BCUT2D eigenvalue weighted by molar-refractivity contribution is 0.0528. The topological polar surface area (TPSA) is 68.3 Å². The first-order chi connectivity index (χ1) is 9.63. The first kappa shape index (κ1) is 14.7. The van der Waals surface area contributed by atoms with E-state index in [0.29, 0.717) is 15.0 Å². The quantitative estimate of drug-likeness (QED) is 0.855. The molecule has 0 atom stereocenters. The molecule has 0 spiro atoms. The number of hydrogen-bond acceptors (Lipinski definition) is 5. The zero-order valence-electron chi connectivity index (χ0n) is 10.6. The van der Waals surface area contributed by atoms with E-state index in [9.17, 15) is 9.59 Å². The van der Waals surface area contributed by atoms with Gasteiger partial charge in [0.05, 0.1) is 12.2 Å². The second-order valence-electron chi connectivity index (χ2n) is 3.67. The molecule has 2 aromatic heterocycles. The van der Waals surface area contributed by atoms with Crippen molar-refractivity contribution in [3.05, 3.63) is 45.5 Å². The van der Waals surface area contributed by atoms with Gasteiger partial charge in [-0.2, -0.15) is 0 Å². The normalized spacial score (nSPS) is 10.1.